The molecular weight excluding hydrogens is 429 g/mol. The lowest BCUT2D eigenvalue weighted by Crippen LogP contribution is -2.40. The van der Waals surface area contributed by atoms with Crippen molar-refractivity contribution in [1.29, 1.82) is 0 Å². The fraction of sp³-hybridized carbons (Fsp3) is 0.632. The maximum absolute atomic E-state index is 9.18. The number of methoxy groups -OCH3 is 1. The summed E-state index contributed by atoms with van der Waals surface area (Å²) in [5.41, 5.74) is 2.35. The van der Waals surface area contributed by atoms with Crippen LogP contribution in [0.4, 0.5) is 0 Å². The van der Waals surface area contributed by atoms with E-state index in [-0.39, 0.29) is 30.6 Å². The first-order valence-corrected chi connectivity index (χ1v) is 8.93. The van der Waals surface area contributed by atoms with Crippen molar-refractivity contribution in [3.05, 3.63) is 35.4 Å². The van der Waals surface area contributed by atoms with Crippen LogP contribution in [-0.2, 0) is 17.9 Å². The van der Waals surface area contributed by atoms with Gasteiger partial charge in [-0.15, -0.1) is 24.0 Å². The van der Waals surface area contributed by atoms with Crippen LogP contribution in [0.25, 0.3) is 0 Å². The zero-order valence-electron chi connectivity index (χ0n) is 15.8. The molecular formula is C19H34IN3O2. The Kier molecular flexibility index (Phi) is 14.9. The minimum absolute atomic E-state index is 0. The Balaban J connectivity index is 0.00000576. The van der Waals surface area contributed by atoms with E-state index in [0.29, 0.717) is 19.1 Å². The summed E-state index contributed by atoms with van der Waals surface area (Å²) in [7, 11) is 1.71. The van der Waals surface area contributed by atoms with Gasteiger partial charge in [0.2, 0.25) is 0 Å². The number of guanidine groups is 1. The third kappa shape index (κ3) is 10.0. The highest BCUT2D eigenvalue weighted by Gasteiger charge is 2.08. The summed E-state index contributed by atoms with van der Waals surface area (Å²) in [6.45, 7) is 7.36. The smallest absolute Gasteiger partial charge is 0.191 e. The number of hydrogen-bond acceptors (Lipinski definition) is 3. The number of aliphatic hydroxyl groups excluding tert-OH is 1. The molecule has 1 aromatic carbocycles. The van der Waals surface area contributed by atoms with Gasteiger partial charge in [-0.3, -0.25) is 0 Å². The lowest BCUT2D eigenvalue weighted by Gasteiger charge is -2.18. The summed E-state index contributed by atoms with van der Waals surface area (Å²) < 4.78 is 5.25. The normalized spacial score (nSPS) is 12.4. The van der Waals surface area contributed by atoms with E-state index in [1.807, 2.05) is 12.1 Å². The lowest BCUT2D eigenvalue weighted by atomic mass is 10.0. The molecule has 25 heavy (non-hydrogen) atoms. The first kappa shape index (κ1) is 24.1. The van der Waals surface area contributed by atoms with Crippen LogP contribution in [0, 0.1) is 5.92 Å². The number of nitrogens with one attached hydrogen (secondary N) is 2. The van der Waals surface area contributed by atoms with Gasteiger partial charge in [-0.1, -0.05) is 37.6 Å². The number of halogens is 1. The van der Waals surface area contributed by atoms with Gasteiger partial charge in [0.15, 0.2) is 5.96 Å². The Morgan fingerprint density at radius 2 is 1.88 bits per heavy atom. The maximum Gasteiger partial charge on any atom is 0.191 e. The van der Waals surface area contributed by atoms with Gasteiger partial charge in [0.05, 0.1) is 13.2 Å². The van der Waals surface area contributed by atoms with E-state index in [9.17, 15) is 5.11 Å². The standard InChI is InChI=1S/C19H33N3O2.HI/c1-4-8-16(11-12-23)13-21-19(20-5-2)22-14-17-9-6-7-10-18(17)15-24-3;/h6-7,9-10,16,23H,4-5,8,11-15H2,1-3H3,(H2,20,21,22);1H. The van der Waals surface area contributed by atoms with Gasteiger partial charge >= 0.3 is 0 Å². The van der Waals surface area contributed by atoms with Gasteiger partial charge in [0, 0.05) is 26.8 Å². The quantitative estimate of drug-likeness (QED) is 0.268. The molecule has 0 spiro atoms. The van der Waals surface area contributed by atoms with E-state index in [1.165, 1.54) is 11.1 Å². The second-order valence-electron chi connectivity index (χ2n) is 5.94. The van der Waals surface area contributed by atoms with Crippen molar-refractivity contribution >= 4 is 29.9 Å². The van der Waals surface area contributed by atoms with Crippen LogP contribution in [-0.4, -0.2) is 37.9 Å². The van der Waals surface area contributed by atoms with E-state index >= 15 is 0 Å². The summed E-state index contributed by atoms with van der Waals surface area (Å²) in [6, 6.07) is 8.22. The zero-order valence-corrected chi connectivity index (χ0v) is 18.1. The van der Waals surface area contributed by atoms with Gasteiger partial charge in [0.1, 0.15) is 0 Å². The van der Waals surface area contributed by atoms with Crippen molar-refractivity contribution in [1.82, 2.24) is 10.6 Å². The minimum Gasteiger partial charge on any atom is -0.396 e. The molecule has 0 amide bonds. The van der Waals surface area contributed by atoms with Crippen LogP contribution >= 0.6 is 24.0 Å². The molecule has 144 valence electrons. The fourth-order valence-corrected chi connectivity index (χ4v) is 2.69. The number of ether oxygens (including phenoxy) is 1. The second kappa shape index (κ2) is 15.4. The first-order valence-electron chi connectivity index (χ1n) is 8.93. The average molecular weight is 463 g/mol. The second-order valence-corrected chi connectivity index (χ2v) is 5.94. The highest BCUT2D eigenvalue weighted by atomic mass is 127. The first-order chi connectivity index (χ1) is 11.7. The molecule has 0 heterocycles. The molecule has 0 aliphatic heterocycles. The monoisotopic (exact) mass is 463 g/mol. The Morgan fingerprint density at radius 3 is 2.48 bits per heavy atom. The number of aliphatic hydroxyl groups is 1. The van der Waals surface area contributed by atoms with Crippen LogP contribution in [0.3, 0.4) is 0 Å². The number of hydrogen-bond donors (Lipinski definition) is 3. The number of rotatable bonds is 11. The molecule has 0 aromatic heterocycles. The largest absolute Gasteiger partial charge is 0.396 e. The molecule has 6 heteroatoms. The summed E-state index contributed by atoms with van der Waals surface area (Å²) in [4.78, 5) is 4.70. The molecule has 0 fully saturated rings. The predicted octanol–water partition coefficient (Wildman–Crippen LogP) is 3.30. The van der Waals surface area contributed by atoms with E-state index in [0.717, 1.165) is 38.3 Å². The summed E-state index contributed by atoms with van der Waals surface area (Å²) in [5.74, 6) is 1.30. The van der Waals surface area contributed by atoms with Gasteiger partial charge in [0.25, 0.3) is 0 Å². The van der Waals surface area contributed by atoms with Crippen molar-refractivity contribution in [2.24, 2.45) is 10.9 Å². The van der Waals surface area contributed by atoms with Gasteiger partial charge in [-0.2, -0.15) is 0 Å². The third-order valence-corrected chi connectivity index (χ3v) is 3.96. The molecule has 0 saturated carbocycles. The van der Waals surface area contributed by atoms with Crippen molar-refractivity contribution < 1.29 is 9.84 Å². The van der Waals surface area contributed by atoms with E-state index < -0.39 is 0 Å². The molecule has 1 unspecified atom stereocenters. The molecule has 0 saturated heterocycles. The van der Waals surface area contributed by atoms with Crippen LogP contribution in [0.15, 0.2) is 29.3 Å². The van der Waals surface area contributed by atoms with E-state index in [4.69, 9.17) is 9.73 Å². The van der Waals surface area contributed by atoms with Gasteiger partial charge < -0.3 is 20.5 Å². The molecule has 0 radical (unpaired) electrons. The molecule has 0 bridgehead atoms. The average Bonchev–Trinajstić information content (AvgIpc) is 2.59. The maximum atomic E-state index is 9.18. The van der Waals surface area contributed by atoms with Crippen molar-refractivity contribution in [2.75, 3.05) is 26.8 Å². The van der Waals surface area contributed by atoms with Crippen LogP contribution in [0.1, 0.15) is 44.2 Å². The van der Waals surface area contributed by atoms with Crippen molar-refractivity contribution in [3.8, 4) is 0 Å². The summed E-state index contributed by atoms with van der Waals surface area (Å²) in [5, 5.41) is 15.9. The van der Waals surface area contributed by atoms with Crippen LogP contribution in [0.5, 0.6) is 0 Å². The van der Waals surface area contributed by atoms with Crippen molar-refractivity contribution in [2.45, 2.75) is 46.3 Å². The highest BCUT2D eigenvalue weighted by Crippen LogP contribution is 2.12. The summed E-state index contributed by atoms with van der Waals surface area (Å²) in [6.07, 6.45) is 3.07. The topological polar surface area (TPSA) is 65.9 Å². The van der Waals surface area contributed by atoms with E-state index in [2.05, 4.69) is 36.6 Å². The van der Waals surface area contributed by atoms with Gasteiger partial charge in [-0.25, -0.2) is 4.99 Å². The van der Waals surface area contributed by atoms with Crippen molar-refractivity contribution in [3.63, 3.8) is 0 Å². The Hall–Kier alpha value is -0.860. The van der Waals surface area contributed by atoms with Crippen LogP contribution < -0.4 is 10.6 Å². The number of benzene rings is 1. The molecule has 0 aliphatic rings. The van der Waals surface area contributed by atoms with E-state index in [1.54, 1.807) is 7.11 Å². The molecule has 1 rings (SSSR count). The zero-order chi connectivity index (χ0) is 17.6. The molecule has 0 aliphatic carbocycles. The SMILES string of the molecule is CCCC(CCO)CNC(=NCc1ccccc1COC)NCC.I. The third-order valence-electron chi connectivity index (χ3n) is 3.96. The molecule has 1 aromatic rings. The lowest BCUT2D eigenvalue weighted by molar-refractivity contribution is 0.184. The predicted molar refractivity (Wildman–Crippen MR) is 115 cm³/mol. The Morgan fingerprint density at radius 1 is 1.16 bits per heavy atom. The molecule has 5 nitrogen and oxygen atoms in total. The van der Waals surface area contributed by atoms with Gasteiger partial charge in [-0.05, 0) is 36.8 Å². The fourth-order valence-electron chi connectivity index (χ4n) is 2.69. The minimum atomic E-state index is 0. The molecule has 1 atom stereocenters. The molecule has 3 N–H and O–H groups in total. The Labute approximate surface area is 169 Å². The summed E-state index contributed by atoms with van der Waals surface area (Å²) >= 11 is 0. The Bertz CT molecular complexity index is 477. The number of nitrogens with zero attached hydrogens (tertiary/aromatic N) is 1. The van der Waals surface area contributed by atoms with Crippen LogP contribution in [0.2, 0.25) is 0 Å². The number of aliphatic imine (C=N–C) groups is 1. The highest BCUT2D eigenvalue weighted by molar-refractivity contribution is 14.0.